The molecule has 0 fully saturated rings. The molecule has 0 heterocycles. The third kappa shape index (κ3) is 45.4. The van der Waals surface area contributed by atoms with Gasteiger partial charge >= 0.3 is 11.9 Å². The largest absolute Gasteiger partial charge is 0.466 e. The van der Waals surface area contributed by atoms with Crippen molar-refractivity contribution in [3.05, 3.63) is 0 Å². The zero-order valence-corrected chi connectivity index (χ0v) is 35.6. The maximum absolute atomic E-state index is 12.0. The first-order valence-corrected chi connectivity index (χ1v) is 24.2. The number of ether oxygens (including phenoxy) is 2. The van der Waals surface area contributed by atoms with Crippen molar-refractivity contribution in [2.45, 2.75) is 258 Å². The average Bonchev–Trinajstić information content (AvgIpc) is 3.13. The fourth-order valence-electron chi connectivity index (χ4n) is 6.94. The van der Waals surface area contributed by atoms with Gasteiger partial charge in [0.15, 0.2) is 0 Å². The van der Waals surface area contributed by atoms with Crippen LogP contribution in [0, 0.1) is 0 Å². The molecule has 0 N–H and O–H groups in total. The number of rotatable bonds is 44. The summed E-state index contributed by atoms with van der Waals surface area (Å²) >= 11 is 1.64. The van der Waals surface area contributed by atoms with E-state index in [0.29, 0.717) is 37.6 Å². The van der Waals surface area contributed by atoms with Gasteiger partial charge in [0, 0.05) is 11.5 Å². The van der Waals surface area contributed by atoms with E-state index in [0.717, 1.165) is 25.7 Å². The van der Waals surface area contributed by atoms with E-state index in [1.165, 1.54) is 205 Å². The Morgan fingerprint density at radius 1 is 0.314 bits per heavy atom. The van der Waals surface area contributed by atoms with Gasteiger partial charge in [0.25, 0.3) is 0 Å². The lowest BCUT2D eigenvalue weighted by Gasteiger charge is -2.06. The van der Waals surface area contributed by atoms with Crippen LogP contribution in [-0.2, 0) is 19.1 Å². The first-order chi connectivity index (χ1) is 25.2. The van der Waals surface area contributed by atoms with Crippen molar-refractivity contribution in [1.82, 2.24) is 0 Å². The maximum Gasteiger partial charge on any atom is 0.306 e. The Labute approximate surface area is 324 Å². The van der Waals surface area contributed by atoms with Crippen molar-refractivity contribution >= 4 is 23.7 Å². The van der Waals surface area contributed by atoms with Crippen LogP contribution in [-0.4, -0.2) is 36.7 Å². The summed E-state index contributed by atoms with van der Waals surface area (Å²) < 4.78 is 10.8. The van der Waals surface area contributed by atoms with Crippen molar-refractivity contribution in [1.29, 1.82) is 0 Å². The van der Waals surface area contributed by atoms with E-state index >= 15 is 0 Å². The summed E-state index contributed by atoms with van der Waals surface area (Å²) in [5.41, 5.74) is 0. The van der Waals surface area contributed by atoms with Crippen LogP contribution in [0.4, 0.5) is 0 Å². The van der Waals surface area contributed by atoms with Crippen molar-refractivity contribution in [3.63, 3.8) is 0 Å². The van der Waals surface area contributed by atoms with Crippen LogP contribution in [0.15, 0.2) is 0 Å². The van der Waals surface area contributed by atoms with Crippen molar-refractivity contribution in [2.24, 2.45) is 0 Å². The topological polar surface area (TPSA) is 52.6 Å². The molecule has 0 bridgehead atoms. The van der Waals surface area contributed by atoms with Gasteiger partial charge in [-0.25, -0.2) is 0 Å². The second kappa shape index (κ2) is 45.4. The zero-order valence-electron chi connectivity index (χ0n) is 34.7. The molecule has 51 heavy (non-hydrogen) atoms. The highest BCUT2D eigenvalue weighted by Gasteiger charge is 2.06. The lowest BCUT2D eigenvalue weighted by Crippen LogP contribution is -2.09. The number of thioether (sulfide) groups is 1. The Bertz CT molecular complexity index is 628. The minimum absolute atomic E-state index is 0.105. The molecule has 5 heteroatoms. The molecule has 0 spiro atoms. The standard InChI is InChI=1S/C46H90O4S/c1-3-5-7-9-11-13-15-17-19-21-23-25-27-29-31-33-35-37-41-49-45(47)39-43-51-44-40-46(48)50-42-38-36-34-32-30-28-26-24-22-20-18-16-14-12-10-8-6-4-2/h3-44H2,1-2H3. The van der Waals surface area contributed by atoms with Crippen molar-refractivity contribution in [3.8, 4) is 0 Å². The molecule has 0 aromatic rings. The zero-order chi connectivity index (χ0) is 37.0. The summed E-state index contributed by atoms with van der Waals surface area (Å²) in [5.74, 6) is 1.21. The maximum atomic E-state index is 12.0. The number of esters is 2. The van der Waals surface area contributed by atoms with Crippen LogP contribution in [0.3, 0.4) is 0 Å². The smallest absolute Gasteiger partial charge is 0.306 e. The molecule has 0 aliphatic carbocycles. The molecule has 0 aromatic heterocycles. The highest BCUT2D eigenvalue weighted by atomic mass is 32.2. The van der Waals surface area contributed by atoms with Gasteiger partial charge in [-0.05, 0) is 12.8 Å². The van der Waals surface area contributed by atoms with Gasteiger partial charge in [0.05, 0.1) is 26.1 Å². The third-order valence-corrected chi connectivity index (χ3v) is 11.4. The van der Waals surface area contributed by atoms with Gasteiger partial charge in [0.1, 0.15) is 0 Å². The molecular formula is C46H90O4S. The van der Waals surface area contributed by atoms with Gasteiger partial charge in [-0.2, -0.15) is 11.8 Å². The second-order valence-corrected chi connectivity index (χ2v) is 16.8. The highest BCUT2D eigenvalue weighted by Crippen LogP contribution is 2.16. The van der Waals surface area contributed by atoms with Crippen LogP contribution in [0.5, 0.6) is 0 Å². The minimum Gasteiger partial charge on any atom is -0.466 e. The molecule has 304 valence electrons. The number of hydrogen-bond acceptors (Lipinski definition) is 5. The summed E-state index contributed by atoms with van der Waals surface area (Å²) in [6, 6.07) is 0. The van der Waals surface area contributed by atoms with Crippen LogP contribution in [0.1, 0.15) is 258 Å². The van der Waals surface area contributed by atoms with Crippen LogP contribution in [0.25, 0.3) is 0 Å². The van der Waals surface area contributed by atoms with Crippen molar-refractivity contribution in [2.75, 3.05) is 24.7 Å². The van der Waals surface area contributed by atoms with E-state index in [1.54, 1.807) is 11.8 Å². The van der Waals surface area contributed by atoms with Gasteiger partial charge < -0.3 is 9.47 Å². The number of unbranched alkanes of at least 4 members (excludes halogenated alkanes) is 34. The number of hydrogen-bond donors (Lipinski definition) is 0. The molecule has 4 nitrogen and oxygen atoms in total. The van der Waals surface area contributed by atoms with Crippen LogP contribution >= 0.6 is 11.8 Å². The molecule has 0 atom stereocenters. The summed E-state index contributed by atoms with van der Waals surface area (Å²) in [7, 11) is 0. The molecule has 0 rings (SSSR count). The molecule has 0 aliphatic rings. The van der Waals surface area contributed by atoms with E-state index in [2.05, 4.69) is 13.8 Å². The quantitative estimate of drug-likeness (QED) is 0.0460. The second-order valence-electron chi connectivity index (χ2n) is 15.6. The first-order valence-electron chi connectivity index (χ1n) is 23.1. The lowest BCUT2D eigenvalue weighted by atomic mass is 10.0. The average molecular weight is 739 g/mol. The normalized spacial score (nSPS) is 11.3. The minimum atomic E-state index is -0.105. The molecule has 0 saturated carbocycles. The van der Waals surface area contributed by atoms with Crippen LogP contribution in [0.2, 0.25) is 0 Å². The summed E-state index contributed by atoms with van der Waals surface area (Å²) in [6.07, 6.45) is 49.8. The SMILES string of the molecule is CCCCCCCCCCCCCCCCCCCCOC(=O)CCSCCC(=O)OCCCCCCCCCCCCCCCCCCCC. The predicted molar refractivity (Wildman–Crippen MR) is 226 cm³/mol. The molecule has 0 saturated heterocycles. The predicted octanol–water partition coefficient (Wildman–Crippen LogP) is 15.7. The summed E-state index contributed by atoms with van der Waals surface area (Å²) in [5, 5.41) is 0. The molecule has 0 radical (unpaired) electrons. The Morgan fingerprint density at radius 3 is 0.725 bits per heavy atom. The highest BCUT2D eigenvalue weighted by molar-refractivity contribution is 7.99. The Balaban J connectivity index is 3.24. The molecule has 0 unspecified atom stereocenters. The Kier molecular flexibility index (Phi) is 44.8. The number of carbonyl (C=O) groups is 2. The van der Waals surface area contributed by atoms with E-state index in [1.807, 2.05) is 0 Å². The van der Waals surface area contributed by atoms with Crippen LogP contribution < -0.4 is 0 Å². The lowest BCUT2D eigenvalue weighted by molar-refractivity contribution is -0.144. The van der Waals surface area contributed by atoms with Gasteiger partial charge in [0.2, 0.25) is 0 Å². The molecule has 0 aromatic carbocycles. The number of carbonyl (C=O) groups excluding carboxylic acids is 2. The Morgan fingerprint density at radius 2 is 0.510 bits per heavy atom. The first kappa shape index (κ1) is 50.3. The van der Waals surface area contributed by atoms with E-state index in [4.69, 9.17) is 9.47 Å². The fraction of sp³-hybridized carbons (Fsp3) is 0.957. The third-order valence-electron chi connectivity index (χ3n) is 10.4. The van der Waals surface area contributed by atoms with Gasteiger partial charge in [-0.3, -0.25) is 9.59 Å². The summed E-state index contributed by atoms with van der Waals surface area (Å²) in [6.45, 7) is 5.68. The molecular weight excluding hydrogens is 649 g/mol. The fourth-order valence-corrected chi connectivity index (χ4v) is 7.76. The Hall–Kier alpha value is -0.710. The van der Waals surface area contributed by atoms with Gasteiger partial charge in [-0.15, -0.1) is 0 Å². The van der Waals surface area contributed by atoms with E-state index < -0.39 is 0 Å². The van der Waals surface area contributed by atoms with E-state index in [9.17, 15) is 9.59 Å². The van der Waals surface area contributed by atoms with Gasteiger partial charge in [-0.1, -0.05) is 232 Å². The van der Waals surface area contributed by atoms with Crippen molar-refractivity contribution < 1.29 is 19.1 Å². The summed E-state index contributed by atoms with van der Waals surface area (Å²) in [4.78, 5) is 24.0. The molecule has 0 amide bonds. The monoisotopic (exact) mass is 739 g/mol. The molecule has 0 aliphatic heterocycles. The van der Waals surface area contributed by atoms with E-state index in [-0.39, 0.29) is 11.9 Å².